The summed E-state index contributed by atoms with van der Waals surface area (Å²) in [6.45, 7) is 8.15. The molecular weight excluding hydrogens is 466 g/mol. The first-order valence-electron chi connectivity index (χ1n) is 8.86. The average molecular weight is 490 g/mol. The number of halogens is 1. The average Bonchev–Trinajstić information content (AvgIpc) is 2.61. The maximum Gasteiger partial charge on any atom is 0.290 e. The summed E-state index contributed by atoms with van der Waals surface area (Å²) in [6.07, 6.45) is 0. The lowest BCUT2D eigenvalue weighted by Gasteiger charge is -2.17. The van der Waals surface area contributed by atoms with Crippen LogP contribution in [0.25, 0.3) is 0 Å². The van der Waals surface area contributed by atoms with Crippen LogP contribution in [0.1, 0.15) is 22.5 Å². The first kappa shape index (κ1) is 27.2. The molecule has 14 heteroatoms. The zero-order chi connectivity index (χ0) is 24.9. The molecule has 1 aromatic heterocycles. The molecule has 176 valence electrons. The van der Waals surface area contributed by atoms with Crippen LogP contribution in [0.2, 0.25) is 0 Å². The summed E-state index contributed by atoms with van der Waals surface area (Å²) in [6, 6.07) is 7.67. The second-order valence-electron chi connectivity index (χ2n) is 6.71. The van der Waals surface area contributed by atoms with E-state index in [1.165, 1.54) is 29.8 Å². The molecule has 0 saturated heterocycles. The molecule has 0 aliphatic rings. The normalized spacial score (nSPS) is 11.2. The summed E-state index contributed by atoms with van der Waals surface area (Å²) in [5.74, 6) is -0.752. The van der Waals surface area contributed by atoms with E-state index in [1.807, 2.05) is 38.3 Å². The monoisotopic (exact) mass is 489 g/mol. The highest BCUT2D eigenvalue weighted by atomic mass is 35.7. The van der Waals surface area contributed by atoms with Gasteiger partial charge in [-0.3, -0.25) is 4.79 Å². The molecule has 0 aliphatic carbocycles. The van der Waals surface area contributed by atoms with Crippen LogP contribution in [0.15, 0.2) is 39.6 Å². The summed E-state index contributed by atoms with van der Waals surface area (Å²) in [5.41, 5.74) is 15.1. The fourth-order valence-corrected chi connectivity index (χ4v) is 3.60. The fourth-order valence-electron chi connectivity index (χ4n) is 2.74. The number of guanidine groups is 1. The van der Waals surface area contributed by atoms with E-state index in [1.54, 1.807) is 0 Å². The fraction of sp³-hybridized carbons (Fsp3) is 0.278. The molecule has 2 aromatic rings. The smallest absolute Gasteiger partial charge is 0.290 e. The molecule has 32 heavy (non-hydrogen) atoms. The van der Waals surface area contributed by atoms with E-state index in [4.69, 9.17) is 30.1 Å². The van der Waals surface area contributed by atoms with Crippen molar-refractivity contribution in [2.24, 2.45) is 15.9 Å². The van der Waals surface area contributed by atoms with Gasteiger partial charge in [-0.1, -0.05) is 0 Å². The van der Waals surface area contributed by atoms with E-state index in [-0.39, 0.29) is 17.3 Å². The zero-order valence-electron chi connectivity index (χ0n) is 17.8. The third-order valence-corrected chi connectivity index (χ3v) is 5.67. The molecule has 0 bridgehead atoms. The first-order chi connectivity index (χ1) is 14.5. The van der Waals surface area contributed by atoms with E-state index in [9.17, 15) is 13.2 Å². The zero-order valence-corrected chi connectivity index (χ0v) is 19.4. The van der Waals surface area contributed by atoms with Gasteiger partial charge in [0.25, 0.3) is 15.9 Å². The Kier molecular flexibility index (Phi) is 9.08. The van der Waals surface area contributed by atoms with E-state index in [0.29, 0.717) is 5.69 Å². The number of nitrogens with one attached hydrogen (secondary N) is 1. The second-order valence-corrected chi connectivity index (χ2v) is 9.07. The number of carbonyl (C=O) groups excluding carboxylic acids is 1. The Morgan fingerprint density at radius 2 is 1.56 bits per heavy atom. The Morgan fingerprint density at radius 1 is 1.06 bits per heavy atom. The van der Waals surface area contributed by atoms with Gasteiger partial charge in [0.15, 0.2) is 11.4 Å². The van der Waals surface area contributed by atoms with Crippen LogP contribution in [0, 0.1) is 37.9 Å². The van der Waals surface area contributed by atoms with Crippen molar-refractivity contribution in [2.45, 2.75) is 39.1 Å². The number of hydrogen-bond donors (Lipinski definition) is 3. The van der Waals surface area contributed by atoms with E-state index < -0.39 is 26.2 Å². The maximum absolute atomic E-state index is 12.4. The number of aryl methyl sites for hydroxylation is 2. The van der Waals surface area contributed by atoms with Gasteiger partial charge < -0.3 is 16.8 Å². The number of anilines is 1. The van der Waals surface area contributed by atoms with E-state index in [0.717, 1.165) is 17.0 Å². The van der Waals surface area contributed by atoms with Crippen LogP contribution < -0.4 is 40.0 Å². The molecule has 1 aromatic carbocycles. The minimum absolute atomic E-state index is 0.0656. The van der Waals surface area contributed by atoms with Crippen molar-refractivity contribution < 1.29 is 46.7 Å². The van der Waals surface area contributed by atoms with Gasteiger partial charge in [-0.25, -0.2) is 18.6 Å². The number of hydrogen-bond acceptors (Lipinski definition) is 7. The summed E-state index contributed by atoms with van der Waals surface area (Å²) < 4.78 is 63.0. The van der Waals surface area contributed by atoms with Crippen LogP contribution >= 0.6 is 0 Å². The third kappa shape index (κ3) is 8.74. The Labute approximate surface area is 187 Å². The topological polar surface area (TPSA) is 224 Å². The Balaban J connectivity index is 0.000000920. The summed E-state index contributed by atoms with van der Waals surface area (Å²) >= 11 is 0. The minimum Gasteiger partial charge on any atom is -0.369 e. The summed E-state index contributed by atoms with van der Waals surface area (Å²) in [4.78, 5) is 12.3. The Morgan fingerprint density at radius 3 is 2.03 bits per heavy atom. The summed E-state index contributed by atoms with van der Waals surface area (Å²) in [7, 11) is -8.90. The summed E-state index contributed by atoms with van der Waals surface area (Å²) in [5, 5.41) is 2.76. The Hall–Kier alpha value is -2.81. The lowest BCUT2D eigenvalue weighted by molar-refractivity contribution is -2.00. The van der Waals surface area contributed by atoms with Crippen molar-refractivity contribution in [3.05, 3.63) is 52.8 Å². The second kappa shape index (κ2) is 10.7. The molecule has 5 N–H and O–H groups in total. The van der Waals surface area contributed by atoms with Gasteiger partial charge in [0.2, 0.25) is 12.5 Å². The highest BCUT2D eigenvalue weighted by molar-refractivity contribution is 7.90. The van der Waals surface area contributed by atoms with Crippen LogP contribution in [-0.2, 0) is 21.4 Å². The number of nitrogens with zero attached hydrogens (tertiary/aromatic N) is 2. The molecule has 0 aliphatic heterocycles. The Bertz CT molecular complexity index is 1100. The number of nitrogens with two attached hydrogens (primary N) is 2. The van der Waals surface area contributed by atoms with Crippen LogP contribution in [0.5, 0.6) is 0 Å². The number of pyridine rings is 1. The van der Waals surface area contributed by atoms with E-state index in [2.05, 4.69) is 9.71 Å². The molecule has 2 rings (SSSR count). The van der Waals surface area contributed by atoms with Gasteiger partial charge in [-0.2, -0.15) is 13.0 Å². The van der Waals surface area contributed by atoms with Gasteiger partial charge in [-0.05, 0) is 43.7 Å². The molecule has 1 heterocycles. The van der Waals surface area contributed by atoms with Gasteiger partial charge in [-0.15, -0.1) is 14.6 Å². The predicted octanol–water partition coefficient (Wildman–Crippen LogP) is -3.95. The quantitative estimate of drug-likeness (QED) is 0.211. The highest BCUT2D eigenvalue weighted by Gasteiger charge is 2.19. The largest absolute Gasteiger partial charge is 0.369 e. The van der Waals surface area contributed by atoms with Gasteiger partial charge in [0, 0.05) is 31.2 Å². The standard InChI is InChI=1S/C18H23N5O3S.ClHO4/c1-11-9-12(2)23(14(4)13(11)3)10-17(24)21-15-5-7-16(8-6-15)27(25,26)22-18(19)20;2-1(3,4)5/h5-9H,10H2,1-4H3,(H4-,19,20,21,22,24);(H,2,3,4,5). The lowest BCUT2D eigenvalue weighted by Crippen LogP contribution is -2.68. The van der Waals surface area contributed by atoms with Crippen LogP contribution in [0.4, 0.5) is 5.69 Å². The number of amides is 1. The lowest BCUT2D eigenvalue weighted by atomic mass is 10.1. The van der Waals surface area contributed by atoms with Crippen molar-refractivity contribution in [2.75, 3.05) is 5.32 Å². The number of benzene rings is 1. The highest BCUT2D eigenvalue weighted by Crippen LogP contribution is 2.16. The number of aromatic nitrogens is 1. The minimum atomic E-state index is -4.94. The molecule has 0 spiro atoms. The molecule has 0 fully saturated rings. The van der Waals surface area contributed by atoms with Crippen LogP contribution in [-0.4, -0.2) is 20.3 Å². The molecule has 1 amide bonds. The van der Waals surface area contributed by atoms with Gasteiger partial charge in [0.05, 0.1) is 4.90 Å². The SMILES string of the molecule is Cc1cc(C)[n+](CC(=O)Nc2ccc(S(=O)(=O)N=C(N)N)cc2)c(C)c1C.[O-][Cl+3]([O-])([O-])[O-]. The number of carbonyl (C=O) groups is 1. The molecular formula is C18H24ClN5O7S. The first-order valence-corrected chi connectivity index (χ1v) is 11.5. The van der Waals surface area contributed by atoms with Crippen molar-refractivity contribution in [1.29, 1.82) is 0 Å². The van der Waals surface area contributed by atoms with Gasteiger partial charge >= 0.3 is 0 Å². The van der Waals surface area contributed by atoms with Gasteiger partial charge in [0.1, 0.15) is 0 Å². The maximum atomic E-state index is 12.4. The molecule has 0 unspecified atom stereocenters. The van der Waals surface area contributed by atoms with Crippen molar-refractivity contribution in [3.8, 4) is 0 Å². The predicted molar refractivity (Wildman–Crippen MR) is 104 cm³/mol. The van der Waals surface area contributed by atoms with Crippen molar-refractivity contribution in [1.82, 2.24) is 0 Å². The molecule has 0 radical (unpaired) electrons. The van der Waals surface area contributed by atoms with Crippen LogP contribution in [0.3, 0.4) is 0 Å². The van der Waals surface area contributed by atoms with Crippen molar-refractivity contribution >= 4 is 27.6 Å². The molecule has 12 nitrogen and oxygen atoms in total. The van der Waals surface area contributed by atoms with Crippen molar-refractivity contribution in [3.63, 3.8) is 0 Å². The molecule has 0 saturated carbocycles. The number of sulfonamides is 1. The number of rotatable bonds is 5. The molecule has 0 atom stereocenters. The van der Waals surface area contributed by atoms with E-state index >= 15 is 0 Å². The third-order valence-electron chi connectivity index (χ3n) is 4.35.